The Morgan fingerprint density at radius 2 is 2.00 bits per heavy atom. The van der Waals surface area contributed by atoms with Crippen molar-refractivity contribution in [1.82, 2.24) is 25.2 Å². The average Bonchev–Trinajstić information content (AvgIpc) is 2.81. The number of rotatable bonds is 0. The predicted molar refractivity (Wildman–Crippen MR) is 129 cm³/mol. The van der Waals surface area contributed by atoms with Crippen molar-refractivity contribution >= 4 is 29.1 Å². The molecule has 1 saturated heterocycles. The fourth-order valence-electron chi connectivity index (χ4n) is 4.62. The highest BCUT2D eigenvalue weighted by atomic mass is 35.5. The van der Waals surface area contributed by atoms with E-state index in [4.69, 9.17) is 11.6 Å². The van der Waals surface area contributed by atoms with Crippen LogP contribution in [0.3, 0.4) is 0 Å². The molecule has 2 aromatic carbocycles. The summed E-state index contributed by atoms with van der Waals surface area (Å²) in [7, 11) is 0. The van der Waals surface area contributed by atoms with Crippen LogP contribution in [0.2, 0.25) is 5.02 Å². The number of piperidine rings is 1. The van der Waals surface area contributed by atoms with Gasteiger partial charge in [0.05, 0.1) is 5.92 Å². The van der Waals surface area contributed by atoms with Gasteiger partial charge in [0.1, 0.15) is 6.33 Å². The molecule has 5 rings (SSSR count). The third-order valence-electron chi connectivity index (χ3n) is 6.19. The van der Waals surface area contributed by atoms with Crippen molar-refractivity contribution in [2.45, 2.75) is 32.2 Å². The van der Waals surface area contributed by atoms with E-state index in [1.807, 2.05) is 24.3 Å². The lowest BCUT2D eigenvalue weighted by molar-refractivity contribution is -0.126. The number of aromatic nitrogens is 3. The lowest BCUT2D eigenvalue weighted by Crippen LogP contribution is -2.42. The Balaban J connectivity index is 1.48. The zero-order chi connectivity index (χ0) is 22.6. The van der Waals surface area contributed by atoms with Gasteiger partial charge >= 0.3 is 0 Å². The third-order valence-corrected chi connectivity index (χ3v) is 6.41. The first-order valence-corrected chi connectivity index (χ1v) is 11.8. The van der Waals surface area contributed by atoms with Crippen LogP contribution in [0.4, 0.5) is 11.6 Å². The molecule has 2 atom stereocenters. The summed E-state index contributed by atoms with van der Waals surface area (Å²) in [5.74, 6) is 1.28. The summed E-state index contributed by atoms with van der Waals surface area (Å²) in [4.78, 5) is 28.4. The minimum Gasteiger partial charge on any atom is -0.356 e. The number of amides is 1. The molecular weight excluding hydrogens is 436 g/mol. The Hall–Kier alpha value is -3.03. The van der Waals surface area contributed by atoms with Gasteiger partial charge < -0.3 is 10.6 Å². The van der Waals surface area contributed by atoms with Gasteiger partial charge in [-0.3, -0.25) is 9.69 Å². The maximum absolute atomic E-state index is 12.8. The number of carbonyl (C=O) groups excluding carboxylic acids is 1. The molecule has 0 radical (unpaired) electrons. The van der Waals surface area contributed by atoms with Crippen molar-refractivity contribution in [2.75, 3.05) is 25.0 Å². The van der Waals surface area contributed by atoms with Gasteiger partial charge in [0.25, 0.3) is 0 Å². The number of hydrogen-bond acceptors (Lipinski definition) is 6. The van der Waals surface area contributed by atoms with Crippen LogP contribution in [0, 0.1) is 5.92 Å². The maximum atomic E-state index is 12.8. The molecule has 1 aromatic heterocycles. The molecule has 2 unspecified atom stereocenters. The standard InChI is InChI=1S/C25H27ClN6O/c26-21-11-18-12-22(13-21)30-25-29-16-28-23(31-25)19-6-1-4-17(10-19)5-2-8-27-24(33)20-7-3-9-32(14-18)15-20/h1,4,6,10-13,16,20H,2-3,5,7-9,14-15H2,(H,27,33)(H,28,29,30,31). The minimum atomic E-state index is 0.0295. The number of hydrogen-bond donors (Lipinski definition) is 2. The normalized spacial score (nSPS) is 21.1. The zero-order valence-corrected chi connectivity index (χ0v) is 19.2. The quantitative estimate of drug-likeness (QED) is 0.520. The first-order valence-electron chi connectivity index (χ1n) is 11.5. The number of fused-ring (bicyclic) bond motifs is 9. The summed E-state index contributed by atoms with van der Waals surface area (Å²) >= 11 is 6.43. The van der Waals surface area contributed by atoms with E-state index >= 15 is 0 Å². The molecule has 33 heavy (non-hydrogen) atoms. The summed E-state index contributed by atoms with van der Waals surface area (Å²) in [6, 6.07) is 14.1. The SMILES string of the molecule is O=C1NCCCc2cccc(c2)-c2ncnc(n2)Nc2cc(Cl)cc(c2)CN2CCCC1C2. The van der Waals surface area contributed by atoms with Gasteiger partial charge in [-0.1, -0.05) is 29.8 Å². The zero-order valence-electron chi connectivity index (χ0n) is 18.4. The van der Waals surface area contributed by atoms with Crippen molar-refractivity contribution in [3.05, 3.63) is 64.9 Å². The number of nitrogens with one attached hydrogen (secondary N) is 2. The minimum absolute atomic E-state index is 0.0295. The fraction of sp³-hybridized carbons (Fsp3) is 0.360. The molecular formula is C25H27ClN6O. The predicted octanol–water partition coefficient (Wildman–Crippen LogP) is 4.21. The van der Waals surface area contributed by atoms with Crippen LogP contribution in [-0.4, -0.2) is 45.4 Å². The molecule has 1 fully saturated rings. The van der Waals surface area contributed by atoms with Gasteiger partial charge in [-0.15, -0.1) is 0 Å². The molecule has 1 amide bonds. The van der Waals surface area contributed by atoms with Crippen molar-refractivity contribution in [3.8, 4) is 11.4 Å². The van der Waals surface area contributed by atoms with Crippen LogP contribution in [0.5, 0.6) is 0 Å². The highest BCUT2D eigenvalue weighted by Gasteiger charge is 2.25. The highest BCUT2D eigenvalue weighted by molar-refractivity contribution is 6.31. The van der Waals surface area contributed by atoms with Crippen LogP contribution >= 0.6 is 11.6 Å². The lowest BCUT2D eigenvalue weighted by Gasteiger charge is -2.32. The number of benzene rings is 2. The summed E-state index contributed by atoms with van der Waals surface area (Å²) in [5.41, 5.74) is 4.05. The highest BCUT2D eigenvalue weighted by Crippen LogP contribution is 2.25. The molecule has 2 aliphatic rings. The molecule has 3 heterocycles. The van der Waals surface area contributed by atoms with Gasteiger partial charge in [0.2, 0.25) is 11.9 Å². The number of anilines is 2. The second-order valence-electron chi connectivity index (χ2n) is 8.78. The topological polar surface area (TPSA) is 83.0 Å². The Morgan fingerprint density at radius 1 is 1.06 bits per heavy atom. The number of aryl methyl sites for hydroxylation is 1. The van der Waals surface area contributed by atoms with E-state index in [0.29, 0.717) is 23.3 Å². The van der Waals surface area contributed by atoms with Gasteiger partial charge in [-0.2, -0.15) is 4.98 Å². The van der Waals surface area contributed by atoms with Gasteiger partial charge in [-0.05, 0) is 67.6 Å². The largest absolute Gasteiger partial charge is 0.356 e. The van der Waals surface area contributed by atoms with Crippen LogP contribution in [0.25, 0.3) is 11.4 Å². The first kappa shape index (κ1) is 21.8. The monoisotopic (exact) mass is 462 g/mol. The molecule has 2 aliphatic heterocycles. The molecule has 0 spiro atoms. The van der Waals surface area contributed by atoms with E-state index in [2.05, 4.69) is 48.7 Å². The summed E-state index contributed by atoms with van der Waals surface area (Å²) < 4.78 is 0. The van der Waals surface area contributed by atoms with Crippen molar-refractivity contribution in [2.24, 2.45) is 5.92 Å². The molecule has 0 saturated carbocycles. The van der Waals surface area contributed by atoms with Crippen molar-refractivity contribution in [3.63, 3.8) is 0 Å². The van der Waals surface area contributed by atoms with Crippen LogP contribution in [0.15, 0.2) is 48.8 Å². The Kier molecular flexibility index (Phi) is 6.51. The van der Waals surface area contributed by atoms with E-state index in [1.54, 1.807) is 0 Å². The molecule has 3 aromatic rings. The van der Waals surface area contributed by atoms with E-state index in [9.17, 15) is 4.79 Å². The summed E-state index contributed by atoms with van der Waals surface area (Å²) in [5, 5.41) is 7.08. The first-order chi connectivity index (χ1) is 16.1. The van der Waals surface area contributed by atoms with Crippen LogP contribution < -0.4 is 10.6 Å². The van der Waals surface area contributed by atoms with E-state index in [0.717, 1.165) is 62.1 Å². The third kappa shape index (κ3) is 5.49. The molecule has 7 nitrogen and oxygen atoms in total. The van der Waals surface area contributed by atoms with Gasteiger partial charge in [0.15, 0.2) is 5.82 Å². The van der Waals surface area contributed by atoms with Gasteiger partial charge in [0, 0.05) is 35.9 Å². The molecule has 8 bridgehead atoms. The number of halogens is 1. The Morgan fingerprint density at radius 3 is 2.94 bits per heavy atom. The summed E-state index contributed by atoms with van der Waals surface area (Å²) in [6.45, 7) is 3.16. The van der Waals surface area contributed by atoms with Gasteiger partial charge in [-0.25, -0.2) is 9.97 Å². The summed E-state index contributed by atoms with van der Waals surface area (Å²) in [6.07, 6.45) is 5.25. The van der Waals surface area contributed by atoms with Crippen LogP contribution in [-0.2, 0) is 17.8 Å². The number of carbonyl (C=O) groups is 1. The van der Waals surface area contributed by atoms with E-state index in [1.165, 1.54) is 11.9 Å². The van der Waals surface area contributed by atoms with Crippen molar-refractivity contribution < 1.29 is 4.79 Å². The Bertz CT molecular complexity index is 1150. The second kappa shape index (κ2) is 9.85. The smallest absolute Gasteiger partial charge is 0.230 e. The number of nitrogens with zero attached hydrogens (tertiary/aromatic N) is 4. The second-order valence-corrected chi connectivity index (χ2v) is 9.21. The van der Waals surface area contributed by atoms with Crippen LogP contribution in [0.1, 0.15) is 30.4 Å². The van der Waals surface area contributed by atoms with Crippen molar-refractivity contribution in [1.29, 1.82) is 0 Å². The average molecular weight is 463 g/mol. The van der Waals surface area contributed by atoms with E-state index in [-0.39, 0.29) is 11.8 Å². The maximum Gasteiger partial charge on any atom is 0.230 e. The fourth-order valence-corrected chi connectivity index (χ4v) is 4.88. The molecule has 8 heteroatoms. The molecule has 0 aliphatic carbocycles. The lowest BCUT2D eigenvalue weighted by atomic mass is 9.96. The Labute approximate surface area is 198 Å². The molecule has 170 valence electrons. The van der Waals surface area contributed by atoms with E-state index < -0.39 is 0 Å². The molecule has 2 N–H and O–H groups in total.